The summed E-state index contributed by atoms with van der Waals surface area (Å²) in [6.07, 6.45) is 1.65. The molecule has 122 valence electrons. The minimum absolute atomic E-state index is 0.0401. The predicted molar refractivity (Wildman–Crippen MR) is 88.8 cm³/mol. The quantitative estimate of drug-likeness (QED) is 0.917. The van der Waals surface area contributed by atoms with Crippen LogP contribution in [0.4, 0.5) is 0 Å². The number of carbonyl (C=O) groups is 1. The van der Waals surface area contributed by atoms with E-state index in [0.29, 0.717) is 11.6 Å². The van der Waals surface area contributed by atoms with E-state index in [1.165, 1.54) is 0 Å². The topological polar surface area (TPSA) is 63.1 Å². The summed E-state index contributed by atoms with van der Waals surface area (Å²) < 4.78 is 1.79. The van der Waals surface area contributed by atoms with Gasteiger partial charge < -0.3 is 10.2 Å². The first-order valence-corrected chi connectivity index (χ1v) is 8.01. The van der Waals surface area contributed by atoms with Crippen molar-refractivity contribution in [3.05, 3.63) is 41.3 Å². The van der Waals surface area contributed by atoms with Crippen molar-refractivity contribution in [1.29, 1.82) is 0 Å². The van der Waals surface area contributed by atoms with Crippen LogP contribution < -0.4 is 5.32 Å². The zero-order valence-corrected chi connectivity index (χ0v) is 14.1. The monoisotopic (exact) mass is 313 g/mol. The van der Waals surface area contributed by atoms with E-state index in [9.17, 15) is 4.79 Å². The molecule has 1 N–H and O–H groups in total. The lowest BCUT2D eigenvalue weighted by molar-refractivity contribution is 0.0602. The summed E-state index contributed by atoms with van der Waals surface area (Å²) >= 11 is 0. The van der Waals surface area contributed by atoms with Crippen LogP contribution >= 0.6 is 0 Å². The van der Waals surface area contributed by atoms with Gasteiger partial charge in [-0.3, -0.25) is 4.79 Å². The Kier molecular flexibility index (Phi) is 4.17. The Morgan fingerprint density at radius 3 is 2.70 bits per heavy atom. The highest BCUT2D eigenvalue weighted by Crippen LogP contribution is 2.15. The number of aryl methyl sites for hydroxylation is 2. The van der Waals surface area contributed by atoms with Gasteiger partial charge in [0.1, 0.15) is 0 Å². The molecule has 3 heterocycles. The summed E-state index contributed by atoms with van der Waals surface area (Å²) in [6.45, 7) is 9.68. The molecule has 0 aromatic carbocycles. The molecule has 23 heavy (non-hydrogen) atoms. The van der Waals surface area contributed by atoms with Gasteiger partial charge in [0.2, 0.25) is 0 Å². The van der Waals surface area contributed by atoms with Crippen LogP contribution in [0.2, 0.25) is 0 Å². The zero-order valence-electron chi connectivity index (χ0n) is 14.1. The first kappa shape index (κ1) is 15.7. The molecule has 0 aliphatic carbocycles. The van der Waals surface area contributed by atoms with Gasteiger partial charge in [0.05, 0.1) is 11.3 Å². The smallest absolute Gasteiger partial charge is 0.255 e. The number of aromatic nitrogens is 3. The third kappa shape index (κ3) is 2.99. The lowest BCUT2D eigenvalue weighted by Gasteiger charge is -2.38. The standard InChI is InChI=1S/C17H23N5O/c1-11-9-12(2)22(20-11)16-6-5-15(10-19-16)17(23)21-8-7-18-13(3)14(21)4/h5-6,9-10,13-14,18H,7-8H2,1-4H3. The molecule has 1 fully saturated rings. The van der Waals surface area contributed by atoms with Crippen molar-refractivity contribution in [2.75, 3.05) is 13.1 Å². The molecular weight excluding hydrogens is 290 g/mol. The number of piperazine rings is 1. The maximum atomic E-state index is 12.7. The first-order chi connectivity index (χ1) is 11.0. The number of hydrogen-bond donors (Lipinski definition) is 1. The van der Waals surface area contributed by atoms with E-state index in [1.54, 1.807) is 10.9 Å². The van der Waals surface area contributed by atoms with E-state index in [1.807, 2.05) is 36.9 Å². The summed E-state index contributed by atoms with van der Waals surface area (Å²) in [5, 5.41) is 7.80. The molecule has 2 atom stereocenters. The molecule has 0 radical (unpaired) electrons. The predicted octanol–water partition coefficient (Wildman–Crippen LogP) is 1.71. The fourth-order valence-corrected chi connectivity index (χ4v) is 3.01. The molecule has 1 saturated heterocycles. The highest BCUT2D eigenvalue weighted by atomic mass is 16.2. The van der Waals surface area contributed by atoms with Crippen LogP contribution in [-0.2, 0) is 0 Å². The lowest BCUT2D eigenvalue weighted by Crippen LogP contribution is -2.57. The van der Waals surface area contributed by atoms with Crippen LogP contribution in [0.3, 0.4) is 0 Å². The first-order valence-electron chi connectivity index (χ1n) is 8.01. The third-order valence-corrected chi connectivity index (χ3v) is 4.52. The van der Waals surface area contributed by atoms with Gasteiger partial charge in [-0.2, -0.15) is 5.10 Å². The van der Waals surface area contributed by atoms with Gasteiger partial charge in [-0.15, -0.1) is 0 Å². The molecule has 1 aliphatic heterocycles. The molecule has 6 heteroatoms. The van der Waals surface area contributed by atoms with Crippen LogP contribution in [0.1, 0.15) is 35.6 Å². The number of amides is 1. The fraction of sp³-hybridized carbons (Fsp3) is 0.471. The number of nitrogens with one attached hydrogen (secondary N) is 1. The Bertz CT molecular complexity index is 706. The average molecular weight is 313 g/mol. The van der Waals surface area contributed by atoms with Gasteiger partial charge in [-0.25, -0.2) is 9.67 Å². The van der Waals surface area contributed by atoms with E-state index in [-0.39, 0.29) is 11.9 Å². The van der Waals surface area contributed by atoms with E-state index in [2.05, 4.69) is 29.2 Å². The number of hydrogen-bond acceptors (Lipinski definition) is 4. The lowest BCUT2D eigenvalue weighted by atomic mass is 10.1. The van der Waals surface area contributed by atoms with Crippen molar-refractivity contribution < 1.29 is 4.79 Å². The van der Waals surface area contributed by atoms with Crippen molar-refractivity contribution in [3.63, 3.8) is 0 Å². The Morgan fingerprint density at radius 1 is 1.30 bits per heavy atom. The number of carbonyl (C=O) groups excluding carboxylic acids is 1. The Hall–Kier alpha value is -2.21. The van der Waals surface area contributed by atoms with Crippen LogP contribution in [0.15, 0.2) is 24.4 Å². The summed E-state index contributed by atoms with van der Waals surface area (Å²) in [5.41, 5.74) is 2.60. The van der Waals surface area contributed by atoms with Crippen LogP contribution in [0, 0.1) is 13.8 Å². The molecule has 1 aliphatic rings. The summed E-state index contributed by atoms with van der Waals surface area (Å²) in [7, 11) is 0. The zero-order chi connectivity index (χ0) is 16.6. The number of pyridine rings is 1. The van der Waals surface area contributed by atoms with Gasteiger partial charge in [-0.05, 0) is 45.9 Å². The van der Waals surface area contributed by atoms with Gasteiger partial charge in [0.15, 0.2) is 5.82 Å². The van der Waals surface area contributed by atoms with E-state index in [4.69, 9.17) is 0 Å². The molecule has 3 rings (SSSR count). The van der Waals surface area contributed by atoms with E-state index in [0.717, 1.165) is 30.3 Å². The van der Waals surface area contributed by atoms with Crippen molar-refractivity contribution in [1.82, 2.24) is 25.0 Å². The van der Waals surface area contributed by atoms with Crippen molar-refractivity contribution in [3.8, 4) is 5.82 Å². The molecule has 6 nitrogen and oxygen atoms in total. The minimum atomic E-state index is 0.0401. The van der Waals surface area contributed by atoms with Crippen molar-refractivity contribution >= 4 is 5.91 Å². The normalized spacial score (nSPS) is 21.5. The molecule has 2 aromatic heterocycles. The maximum absolute atomic E-state index is 12.7. The van der Waals surface area contributed by atoms with Gasteiger partial charge in [0, 0.05) is 37.1 Å². The Balaban J connectivity index is 1.82. The summed E-state index contributed by atoms with van der Waals surface area (Å²) in [5.74, 6) is 0.771. The van der Waals surface area contributed by atoms with E-state index >= 15 is 0 Å². The second-order valence-electron chi connectivity index (χ2n) is 6.23. The van der Waals surface area contributed by atoms with Crippen molar-refractivity contribution in [2.45, 2.75) is 39.8 Å². The molecular formula is C17H23N5O. The highest BCUT2D eigenvalue weighted by Gasteiger charge is 2.28. The molecule has 2 aromatic rings. The van der Waals surface area contributed by atoms with E-state index < -0.39 is 0 Å². The molecule has 0 spiro atoms. The van der Waals surface area contributed by atoms with Crippen LogP contribution in [-0.4, -0.2) is 50.7 Å². The van der Waals surface area contributed by atoms with Crippen LogP contribution in [0.5, 0.6) is 0 Å². The number of nitrogens with zero attached hydrogens (tertiary/aromatic N) is 4. The fourth-order valence-electron chi connectivity index (χ4n) is 3.01. The second kappa shape index (κ2) is 6.12. The summed E-state index contributed by atoms with van der Waals surface area (Å²) in [4.78, 5) is 19.0. The van der Waals surface area contributed by atoms with Gasteiger partial charge in [-0.1, -0.05) is 0 Å². The Labute approximate surface area is 136 Å². The minimum Gasteiger partial charge on any atom is -0.333 e. The second-order valence-corrected chi connectivity index (χ2v) is 6.23. The van der Waals surface area contributed by atoms with Gasteiger partial charge >= 0.3 is 0 Å². The summed E-state index contributed by atoms with van der Waals surface area (Å²) in [6, 6.07) is 6.16. The molecule has 2 unspecified atom stereocenters. The SMILES string of the molecule is Cc1cc(C)n(-c2ccc(C(=O)N3CCNC(C)C3C)cn2)n1. The number of rotatable bonds is 2. The average Bonchev–Trinajstić information content (AvgIpc) is 2.88. The van der Waals surface area contributed by atoms with Crippen LogP contribution in [0.25, 0.3) is 5.82 Å². The molecule has 0 saturated carbocycles. The maximum Gasteiger partial charge on any atom is 0.255 e. The molecule has 0 bridgehead atoms. The largest absolute Gasteiger partial charge is 0.333 e. The Morgan fingerprint density at radius 2 is 2.09 bits per heavy atom. The van der Waals surface area contributed by atoms with Crippen molar-refractivity contribution in [2.24, 2.45) is 0 Å². The highest BCUT2D eigenvalue weighted by molar-refractivity contribution is 5.94. The van der Waals surface area contributed by atoms with Gasteiger partial charge in [0.25, 0.3) is 5.91 Å². The molecule has 1 amide bonds. The third-order valence-electron chi connectivity index (χ3n) is 4.52.